The second kappa shape index (κ2) is 22.7. The molecule has 17 heteroatoms. The van der Waals surface area contributed by atoms with E-state index in [1.54, 1.807) is 35.2 Å². The van der Waals surface area contributed by atoms with Crippen LogP contribution >= 0.6 is 11.3 Å². The minimum absolute atomic E-state index is 0.00254. The molecular formula is C48H57F2N7O7S. The van der Waals surface area contributed by atoms with Crippen molar-refractivity contribution in [3.63, 3.8) is 0 Å². The molecule has 6 amide bonds. The molecule has 0 bridgehead atoms. The molecule has 2 fully saturated rings. The fourth-order valence-corrected chi connectivity index (χ4v) is 8.63. The van der Waals surface area contributed by atoms with Gasteiger partial charge in [0.1, 0.15) is 41.8 Å². The maximum atomic E-state index is 14.7. The molecule has 4 N–H and O–H groups in total. The normalized spacial score (nSPS) is 21.8. The summed E-state index contributed by atoms with van der Waals surface area (Å²) in [5.74, 6) is -5.34. The number of amides is 6. The Hall–Kier alpha value is -6.07. The second-order valence-electron chi connectivity index (χ2n) is 17.7. The second-order valence-corrected chi connectivity index (χ2v) is 18.5. The average Bonchev–Trinajstić information content (AvgIpc) is 3.98. The molecule has 4 aromatic rings. The topological polar surface area (TPSA) is 179 Å². The molecule has 3 heterocycles. The number of carbonyl (C=O) groups excluding carboxylic acids is 6. The molecule has 0 radical (unpaired) electrons. The third-order valence-electron chi connectivity index (χ3n) is 11.3. The van der Waals surface area contributed by atoms with Crippen LogP contribution in [0.25, 0.3) is 0 Å². The Morgan fingerprint density at radius 2 is 1.43 bits per heavy atom. The molecule has 2 aliphatic heterocycles. The highest BCUT2D eigenvalue weighted by Crippen LogP contribution is 2.24. The number of nitrogens with one attached hydrogen (secondary N) is 4. The molecular weight excluding hydrogens is 857 g/mol. The van der Waals surface area contributed by atoms with E-state index in [2.05, 4.69) is 26.3 Å². The zero-order chi connectivity index (χ0) is 46.5. The molecule has 0 aliphatic carbocycles. The number of aryl methyl sites for hydroxylation is 1. The first kappa shape index (κ1) is 48.4. The Balaban J connectivity index is 1.37. The number of aromatic nitrogens is 1. The van der Waals surface area contributed by atoms with Crippen molar-refractivity contribution in [2.75, 3.05) is 26.2 Å². The Morgan fingerprint density at radius 1 is 0.769 bits per heavy atom. The van der Waals surface area contributed by atoms with Crippen LogP contribution in [0.2, 0.25) is 0 Å². The Bertz CT molecular complexity index is 2260. The van der Waals surface area contributed by atoms with E-state index in [0.29, 0.717) is 17.7 Å². The van der Waals surface area contributed by atoms with Crippen LogP contribution in [0.15, 0.2) is 89.8 Å². The van der Waals surface area contributed by atoms with Gasteiger partial charge < -0.3 is 35.8 Å². The number of thiazole rings is 1. The van der Waals surface area contributed by atoms with Gasteiger partial charge in [0.05, 0.1) is 31.0 Å². The van der Waals surface area contributed by atoms with E-state index in [-0.39, 0.29) is 70.4 Å². The van der Waals surface area contributed by atoms with Crippen molar-refractivity contribution >= 4 is 46.8 Å². The zero-order valence-corrected chi connectivity index (χ0v) is 37.7. The van der Waals surface area contributed by atoms with Crippen molar-refractivity contribution in [1.82, 2.24) is 36.1 Å². The fourth-order valence-electron chi connectivity index (χ4n) is 8.06. The Kier molecular flexibility index (Phi) is 16.9. The van der Waals surface area contributed by atoms with Gasteiger partial charge in [0.15, 0.2) is 0 Å². The molecule has 0 saturated carbocycles. The first-order valence-electron chi connectivity index (χ1n) is 21.9. The van der Waals surface area contributed by atoms with Crippen LogP contribution < -0.4 is 21.3 Å². The molecule has 346 valence electrons. The predicted octanol–water partition coefficient (Wildman–Crippen LogP) is 4.26. The van der Waals surface area contributed by atoms with Gasteiger partial charge in [-0.2, -0.15) is 0 Å². The monoisotopic (exact) mass is 913 g/mol. The van der Waals surface area contributed by atoms with E-state index in [1.165, 1.54) is 27.2 Å². The quantitative estimate of drug-likeness (QED) is 0.154. The van der Waals surface area contributed by atoms with Gasteiger partial charge in [-0.05, 0) is 60.3 Å². The van der Waals surface area contributed by atoms with E-state index in [0.717, 1.165) is 17.7 Å². The van der Waals surface area contributed by atoms with Gasteiger partial charge in [0.25, 0.3) is 0 Å². The molecule has 3 aromatic carbocycles. The predicted molar refractivity (Wildman–Crippen MR) is 240 cm³/mol. The SMILES string of the molecule is CC(C)(C)CC1NC(=O)C(Cc2ccccc2)NC(=O)C(COCc2ccccc2)NC(=O)CN(CCCc2ccc(F)cc2F)C(=O)C2CCCN2C(=O)C(Cc2cscn2)NC1=O. The minimum Gasteiger partial charge on any atom is -0.374 e. The summed E-state index contributed by atoms with van der Waals surface area (Å²) in [4.78, 5) is 93.8. The van der Waals surface area contributed by atoms with Crippen LogP contribution in [0, 0.1) is 17.0 Å². The largest absolute Gasteiger partial charge is 0.374 e. The van der Waals surface area contributed by atoms with Crippen molar-refractivity contribution in [2.24, 2.45) is 5.41 Å². The lowest BCUT2D eigenvalue weighted by molar-refractivity contribution is -0.147. The van der Waals surface area contributed by atoms with Gasteiger partial charge in [-0.3, -0.25) is 28.8 Å². The van der Waals surface area contributed by atoms with E-state index < -0.39 is 89.2 Å². The summed E-state index contributed by atoms with van der Waals surface area (Å²) < 4.78 is 34.4. The number of ether oxygens (including phenoxy) is 1. The highest BCUT2D eigenvalue weighted by atomic mass is 32.1. The van der Waals surface area contributed by atoms with Crippen molar-refractivity contribution in [3.05, 3.63) is 124 Å². The summed E-state index contributed by atoms with van der Waals surface area (Å²) in [5.41, 5.74) is 3.38. The van der Waals surface area contributed by atoms with Crippen molar-refractivity contribution in [2.45, 2.75) is 103 Å². The van der Waals surface area contributed by atoms with Gasteiger partial charge in [-0.1, -0.05) is 87.5 Å². The molecule has 2 saturated heterocycles. The lowest BCUT2D eigenvalue weighted by atomic mass is 9.87. The van der Waals surface area contributed by atoms with Gasteiger partial charge in [-0.25, -0.2) is 13.8 Å². The van der Waals surface area contributed by atoms with Crippen LogP contribution in [-0.4, -0.2) is 107 Å². The summed E-state index contributed by atoms with van der Waals surface area (Å²) >= 11 is 1.32. The van der Waals surface area contributed by atoms with Crippen LogP contribution in [0.5, 0.6) is 0 Å². The maximum Gasteiger partial charge on any atom is 0.246 e. The summed E-state index contributed by atoms with van der Waals surface area (Å²) in [6, 6.07) is 15.4. The number of benzene rings is 3. The highest BCUT2D eigenvalue weighted by Gasteiger charge is 2.41. The molecule has 2 aliphatic rings. The van der Waals surface area contributed by atoms with E-state index in [1.807, 2.05) is 57.2 Å². The van der Waals surface area contributed by atoms with Crippen LogP contribution in [-0.2, 0) is 59.4 Å². The number of nitrogens with zero attached hydrogens (tertiary/aromatic N) is 3. The Morgan fingerprint density at radius 3 is 2.11 bits per heavy atom. The lowest BCUT2D eigenvalue weighted by Crippen LogP contribution is -2.61. The molecule has 1 aromatic heterocycles. The van der Waals surface area contributed by atoms with Crippen molar-refractivity contribution < 1.29 is 42.3 Å². The number of rotatable bonds is 13. The fraction of sp³-hybridized carbons (Fsp3) is 0.438. The highest BCUT2D eigenvalue weighted by molar-refractivity contribution is 7.07. The Labute approximate surface area is 381 Å². The standard InChI is InChI=1S/C48H57F2N7O7S/c1-48(2,3)25-39-44(60)54-38(24-35-29-65-30-51-35)46(62)57-21-11-17-41(57)47(63)56(20-10-16-33-18-19-34(49)23-36(33)50)26-42(58)52-40(28-64-27-32-14-8-5-9-15-32)45(61)53-37(43(59)55-39)22-31-12-6-4-7-13-31/h4-9,12-15,18-19,23,29-30,37-41H,10-11,16-17,20-22,24-28H2,1-3H3,(H,52,58)(H,53,61)(H,54,60)(H,55,59). The van der Waals surface area contributed by atoms with Crippen LogP contribution in [0.1, 0.15) is 68.8 Å². The first-order chi connectivity index (χ1) is 31.1. The molecule has 5 atom stereocenters. The smallest absolute Gasteiger partial charge is 0.246 e. The zero-order valence-electron chi connectivity index (χ0n) is 36.9. The van der Waals surface area contributed by atoms with Gasteiger partial charge in [-0.15, -0.1) is 11.3 Å². The summed E-state index contributed by atoms with van der Waals surface area (Å²) in [7, 11) is 0. The molecule has 6 rings (SSSR count). The van der Waals surface area contributed by atoms with Gasteiger partial charge >= 0.3 is 0 Å². The van der Waals surface area contributed by atoms with E-state index >= 15 is 0 Å². The van der Waals surface area contributed by atoms with E-state index in [9.17, 15) is 37.5 Å². The summed E-state index contributed by atoms with van der Waals surface area (Å²) in [5, 5.41) is 13.1. The number of carbonyl (C=O) groups is 6. The number of hydrogen-bond acceptors (Lipinski definition) is 9. The number of hydrogen-bond donors (Lipinski definition) is 4. The van der Waals surface area contributed by atoms with Crippen molar-refractivity contribution in [3.8, 4) is 0 Å². The van der Waals surface area contributed by atoms with E-state index in [4.69, 9.17) is 4.74 Å². The number of fused-ring (bicyclic) bond motifs is 1. The van der Waals surface area contributed by atoms with Gasteiger partial charge in [0.2, 0.25) is 35.4 Å². The summed E-state index contributed by atoms with van der Waals surface area (Å²) in [6.45, 7) is 5.08. The maximum absolute atomic E-state index is 14.7. The molecule has 5 unspecified atom stereocenters. The molecule has 14 nitrogen and oxygen atoms in total. The summed E-state index contributed by atoms with van der Waals surface area (Å²) in [6.07, 6.45) is 1.15. The molecule has 0 spiro atoms. The van der Waals surface area contributed by atoms with Crippen LogP contribution in [0.3, 0.4) is 0 Å². The third-order valence-corrected chi connectivity index (χ3v) is 11.9. The minimum atomic E-state index is -1.36. The molecule has 65 heavy (non-hydrogen) atoms. The van der Waals surface area contributed by atoms with Gasteiger partial charge in [0, 0.05) is 37.4 Å². The van der Waals surface area contributed by atoms with Crippen LogP contribution in [0.4, 0.5) is 8.78 Å². The third kappa shape index (κ3) is 14.2. The van der Waals surface area contributed by atoms with Crippen molar-refractivity contribution in [1.29, 1.82) is 0 Å². The first-order valence-corrected chi connectivity index (χ1v) is 22.8. The number of halogens is 2. The average molecular weight is 914 g/mol. The lowest BCUT2D eigenvalue weighted by Gasteiger charge is -2.34.